The van der Waals surface area contributed by atoms with Gasteiger partial charge in [0.1, 0.15) is 5.75 Å². The Labute approximate surface area is 200 Å². The Morgan fingerprint density at radius 3 is 2.59 bits per heavy atom. The standard InChI is InChI=1S/C23H33N5O5S/c1-5-12-33-19-10-9-16(34(4,31)32)13-17(19)23(30)25-20-18(6-2)26-28(21(20)22(24)29)14-27-11-7-8-15(27)3/h9-10,13,15H,5-8,11-12,14H2,1-4H3,(H2,24,29)(H,25,30)/t15-/m0/s1. The highest BCUT2D eigenvalue weighted by atomic mass is 32.2. The lowest BCUT2D eigenvalue weighted by atomic mass is 10.1. The fourth-order valence-corrected chi connectivity index (χ4v) is 4.70. The molecule has 3 N–H and O–H groups in total. The van der Waals surface area contributed by atoms with Crippen LogP contribution in [0.25, 0.3) is 0 Å². The summed E-state index contributed by atoms with van der Waals surface area (Å²) >= 11 is 0. The van der Waals surface area contributed by atoms with Crippen molar-refractivity contribution in [1.29, 1.82) is 0 Å². The van der Waals surface area contributed by atoms with Gasteiger partial charge >= 0.3 is 0 Å². The van der Waals surface area contributed by atoms with Gasteiger partial charge in [-0.05, 0) is 50.8 Å². The number of aryl methyl sites for hydroxylation is 1. The first kappa shape index (κ1) is 25.7. The van der Waals surface area contributed by atoms with Crippen molar-refractivity contribution < 1.29 is 22.7 Å². The first-order chi connectivity index (χ1) is 16.1. The molecule has 10 nitrogen and oxygen atoms in total. The number of benzene rings is 1. The van der Waals surface area contributed by atoms with Gasteiger partial charge in [0, 0.05) is 18.8 Å². The number of hydrogen-bond donors (Lipinski definition) is 2. The maximum absolute atomic E-state index is 13.3. The monoisotopic (exact) mass is 491 g/mol. The number of ether oxygens (including phenoxy) is 1. The minimum absolute atomic E-state index is 0.00828. The molecule has 1 aromatic heterocycles. The van der Waals surface area contributed by atoms with Crippen molar-refractivity contribution in [3.05, 3.63) is 35.2 Å². The van der Waals surface area contributed by atoms with E-state index < -0.39 is 21.7 Å². The minimum Gasteiger partial charge on any atom is -0.493 e. The summed E-state index contributed by atoms with van der Waals surface area (Å²) in [5.41, 5.74) is 6.62. The third-order valence-corrected chi connectivity index (χ3v) is 7.03. The van der Waals surface area contributed by atoms with Crippen molar-refractivity contribution in [3.8, 4) is 5.75 Å². The molecule has 2 amide bonds. The van der Waals surface area contributed by atoms with Gasteiger partial charge < -0.3 is 15.8 Å². The van der Waals surface area contributed by atoms with E-state index >= 15 is 0 Å². The molecule has 0 bridgehead atoms. The Bertz CT molecular complexity index is 1170. The average molecular weight is 492 g/mol. The van der Waals surface area contributed by atoms with E-state index in [0.717, 1.165) is 25.6 Å². The van der Waals surface area contributed by atoms with Crippen molar-refractivity contribution in [2.75, 3.05) is 24.7 Å². The first-order valence-electron chi connectivity index (χ1n) is 11.5. The van der Waals surface area contributed by atoms with Crippen LogP contribution in [-0.2, 0) is 22.9 Å². The van der Waals surface area contributed by atoms with E-state index in [0.29, 0.717) is 37.9 Å². The molecule has 0 unspecified atom stereocenters. The van der Waals surface area contributed by atoms with Gasteiger partial charge in [-0.25, -0.2) is 13.1 Å². The highest BCUT2D eigenvalue weighted by Gasteiger charge is 2.28. The summed E-state index contributed by atoms with van der Waals surface area (Å²) in [7, 11) is -3.55. The molecule has 0 radical (unpaired) electrons. The van der Waals surface area contributed by atoms with Gasteiger partial charge in [-0.15, -0.1) is 0 Å². The van der Waals surface area contributed by atoms with E-state index in [1.54, 1.807) is 4.68 Å². The fraction of sp³-hybridized carbons (Fsp3) is 0.522. The summed E-state index contributed by atoms with van der Waals surface area (Å²) < 4.78 is 31.4. The van der Waals surface area contributed by atoms with Gasteiger partial charge in [-0.2, -0.15) is 5.10 Å². The molecule has 3 rings (SSSR count). The van der Waals surface area contributed by atoms with Crippen molar-refractivity contribution in [2.45, 2.75) is 64.1 Å². The van der Waals surface area contributed by atoms with E-state index in [4.69, 9.17) is 10.5 Å². The van der Waals surface area contributed by atoms with Gasteiger partial charge in [0.05, 0.1) is 35.1 Å². The minimum atomic E-state index is -3.55. The SMILES string of the molecule is CCCOc1ccc(S(C)(=O)=O)cc1C(=O)Nc1c(CC)nn(CN2CCC[C@@H]2C)c1C(N)=O. The van der Waals surface area contributed by atoms with Crippen molar-refractivity contribution in [2.24, 2.45) is 5.73 Å². The Kier molecular flexibility index (Phi) is 7.98. The Morgan fingerprint density at radius 2 is 2.03 bits per heavy atom. The molecule has 0 aliphatic carbocycles. The highest BCUT2D eigenvalue weighted by Crippen LogP contribution is 2.28. The number of nitrogens with one attached hydrogen (secondary N) is 1. The van der Waals surface area contributed by atoms with Crippen molar-refractivity contribution in [3.63, 3.8) is 0 Å². The number of aromatic nitrogens is 2. The molecule has 1 saturated heterocycles. The molecule has 0 saturated carbocycles. The molecule has 186 valence electrons. The molecule has 2 heterocycles. The number of rotatable bonds is 10. The number of carbonyl (C=O) groups is 2. The zero-order chi connectivity index (χ0) is 25.0. The maximum Gasteiger partial charge on any atom is 0.269 e. The number of anilines is 1. The Morgan fingerprint density at radius 1 is 1.29 bits per heavy atom. The summed E-state index contributed by atoms with van der Waals surface area (Å²) in [6, 6.07) is 4.50. The van der Waals surface area contributed by atoms with Crippen molar-refractivity contribution in [1.82, 2.24) is 14.7 Å². The number of sulfone groups is 1. The van der Waals surface area contributed by atoms with Gasteiger partial charge in [0.15, 0.2) is 15.5 Å². The third-order valence-electron chi connectivity index (χ3n) is 5.92. The molecule has 0 spiro atoms. The molecule has 1 aliphatic heterocycles. The predicted molar refractivity (Wildman–Crippen MR) is 129 cm³/mol. The summed E-state index contributed by atoms with van der Waals surface area (Å²) in [4.78, 5) is 28.0. The largest absolute Gasteiger partial charge is 0.493 e. The maximum atomic E-state index is 13.3. The van der Waals surface area contributed by atoms with Crippen molar-refractivity contribution >= 4 is 27.3 Å². The topological polar surface area (TPSA) is 137 Å². The van der Waals surface area contributed by atoms with Crippen LogP contribution in [0.1, 0.15) is 66.6 Å². The van der Waals surface area contributed by atoms with Gasteiger partial charge in [0.2, 0.25) is 0 Å². The van der Waals surface area contributed by atoms with Crippen LogP contribution in [0.2, 0.25) is 0 Å². The lowest BCUT2D eigenvalue weighted by molar-refractivity contribution is 0.0981. The fourth-order valence-electron chi connectivity index (χ4n) is 4.05. The predicted octanol–water partition coefficient (Wildman–Crippen LogP) is 2.43. The van der Waals surface area contributed by atoms with Crippen LogP contribution < -0.4 is 15.8 Å². The summed E-state index contributed by atoms with van der Waals surface area (Å²) in [6.45, 7) is 7.54. The van der Waals surface area contributed by atoms with E-state index in [1.807, 2.05) is 13.8 Å². The molecule has 1 aromatic carbocycles. The van der Waals surface area contributed by atoms with E-state index in [9.17, 15) is 18.0 Å². The van der Waals surface area contributed by atoms with Gasteiger partial charge in [-0.1, -0.05) is 13.8 Å². The van der Waals surface area contributed by atoms with Crippen LogP contribution in [-0.4, -0.2) is 60.4 Å². The first-order valence-corrected chi connectivity index (χ1v) is 13.4. The molecule has 34 heavy (non-hydrogen) atoms. The molecular formula is C23H33N5O5S. The number of nitrogens with two attached hydrogens (primary N) is 1. The van der Waals surface area contributed by atoms with Gasteiger partial charge in [-0.3, -0.25) is 14.5 Å². The molecular weight excluding hydrogens is 458 g/mol. The number of primary amides is 1. The smallest absolute Gasteiger partial charge is 0.269 e. The normalized spacial score (nSPS) is 16.5. The lowest BCUT2D eigenvalue weighted by Crippen LogP contribution is -2.32. The summed E-state index contributed by atoms with van der Waals surface area (Å²) in [5, 5.41) is 7.32. The Hall–Kier alpha value is -2.92. The van der Waals surface area contributed by atoms with Crippen LogP contribution in [0.3, 0.4) is 0 Å². The molecule has 11 heteroatoms. The van der Waals surface area contributed by atoms with Crippen LogP contribution in [0.15, 0.2) is 23.1 Å². The Balaban J connectivity index is 2.01. The van der Waals surface area contributed by atoms with Gasteiger partial charge in [0.25, 0.3) is 11.8 Å². The highest BCUT2D eigenvalue weighted by molar-refractivity contribution is 7.90. The number of carbonyl (C=O) groups excluding carboxylic acids is 2. The second-order valence-corrected chi connectivity index (χ2v) is 10.6. The number of amides is 2. The lowest BCUT2D eigenvalue weighted by Gasteiger charge is -2.21. The van der Waals surface area contributed by atoms with Crippen LogP contribution in [0.5, 0.6) is 5.75 Å². The third kappa shape index (κ3) is 5.58. The number of hydrogen-bond acceptors (Lipinski definition) is 7. The quantitative estimate of drug-likeness (QED) is 0.521. The van der Waals surface area contributed by atoms with E-state index in [2.05, 4.69) is 22.2 Å². The number of nitrogens with zero attached hydrogens (tertiary/aromatic N) is 3. The summed E-state index contributed by atoms with van der Waals surface area (Å²) in [6.07, 6.45) is 4.37. The molecule has 1 fully saturated rings. The van der Waals surface area contributed by atoms with Crippen LogP contribution in [0, 0.1) is 0 Å². The molecule has 1 aliphatic rings. The van der Waals surface area contributed by atoms with E-state index in [1.165, 1.54) is 18.2 Å². The average Bonchev–Trinajstić information content (AvgIpc) is 3.34. The van der Waals surface area contributed by atoms with Crippen LogP contribution >= 0.6 is 0 Å². The van der Waals surface area contributed by atoms with Crippen LogP contribution in [0.4, 0.5) is 5.69 Å². The summed E-state index contributed by atoms with van der Waals surface area (Å²) in [5.74, 6) is -1.06. The zero-order valence-electron chi connectivity index (χ0n) is 20.1. The second-order valence-electron chi connectivity index (χ2n) is 8.57. The van der Waals surface area contributed by atoms with E-state index in [-0.39, 0.29) is 27.6 Å². The second kappa shape index (κ2) is 10.6. The molecule has 2 aromatic rings. The number of likely N-dealkylation sites (tertiary alicyclic amines) is 1. The zero-order valence-corrected chi connectivity index (χ0v) is 20.9. The molecule has 1 atom stereocenters.